The Hall–Kier alpha value is -7.23. The van der Waals surface area contributed by atoms with Crippen LogP contribution in [-0.4, -0.2) is 15.0 Å². The summed E-state index contributed by atoms with van der Waals surface area (Å²) in [5.74, 6) is 0. The van der Waals surface area contributed by atoms with E-state index < -0.39 is 0 Å². The van der Waals surface area contributed by atoms with Crippen LogP contribution in [-0.2, 0) is 0 Å². The average molecular weight is 688 g/mol. The topological polar surface area (TPSA) is 38.7 Å². The molecule has 0 aliphatic carbocycles. The molecule has 0 bridgehead atoms. The van der Waals surface area contributed by atoms with E-state index in [0.717, 1.165) is 50.2 Å². The van der Waals surface area contributed by atoms with Crippen LogP contribution in [0.1, 0.15) is 0 Å². The Kier molecular flexibility index (Phi) is 7.81. The first kappa shape index (κ1) is 31.5. The number of pyridine rings is 1. The first-order valence-corrected chi connectivity index (χ1v) is 18.3. The van der Waals surface area contributed by atoms with Crippen LogP contribution in [0.2, 0.25) is 0 Å². The van der Waals surface area contributed by atoms with Gasteiger partial charge < -0.3 is 0 Å². The zero-order chi connectivity index (χ0) is 35.8. The van der Waals surface area contributed by atoms with Crippen LogP contribution in [0.4, 0.5) is 0 Å². The molecule has 252 valence electrons. The zero-order valence-electron chi connectivity index (χ0n) is 29.4. The lowest BCUT2D eigenvalue weighted by Crippen LogP contribution is -1.95. The van der Waals surface area contributed by atoms with Gasteiger partial charge in [-0.1, -0.05) is 170 Å². The Labute approximate surface area is 313 Å². The lowest BCUT2D eigenvalue weighted by Gasteiger charge is -2.18. The molecule has 0 aliphatic heterocycles. The fraction of sp³-hybridized carbons (Fsp3) is 0. The molecule has 0 radical (unpaired) electrons. The van der Waals surface area contributed by atoms with Crippen molar-refractivity contribution in [3.8, 4) is 67.0 Å². The molecular weight excluding hydrogens is 655 g/mol. The second kappa shape index (κ2) is 13.4. The monoisotopic (exact) mass is 687 g/mol. The molecule has 0 fully saturated rings. The van der Waals surface area contributed by atoms with Gasteiger partial charge in [0, 0.05) is 23.5 Å². The Morgan fingerprint density at radius 3 is 1.06 bits per heavy atom. The van der Waals surface area contributed by atoms with Gasteiger partial charge in [0.25, 0.3) is 0 Å². The molecule has 0 unspecified atom stereocenters. The number of hydrogen-bond donors (Lipinski definition) is 0. The second-order valence-corrected chi connectivity index (χ2v) is 13.6. The lowest BCUT2D eigenvalue weighted by molar-refractivity contribution is 1.29. The molecule has 8 aromatic carbocycles. The summed E-state index contributed by atoms with van der Waals surface area (Å²) in [7, 11) is 0. The van der Waals surface area contributed by atoms with Crippen molar-refractivity contribution in [3.63, 3.8) is 0 Å². The van der Waals surface area contributed by atoms with Crippen molar-refractivity contribution in [2.75, 3.05) is 0 Å². The van der Waals surface area contributed by atoms with Gasteiger partial charge in [0.05, 0.1) is 22.4 Å². The van der Waals surface area contributed by atoms with Crippen LogP contribution in [0.5, 0.6) is 0 Å². The molecule has 0 N–H and O–H groups in total. The van der Waals surface area contributed by atoms with Crippen LogP contribution in [0.3, 0.4) is 0 Å². The normalized spacial score (nSPS) is 11.3. The minimum absolute atomic E-state index is 0.879. The first-order chi connectivity index (χ1) is 26.8. The van der Waals surface area contributed by atoms with E-state index in [9.17, 15) is 0 Å². The maximum Gasteiger partial charge on any atom is 0.0973 e. The summed E-state index contributed by atoms with van der Waals surface area (Å²) >= 11 is 0. The van der Waals surface area contributed by atoms with Crippen molar-refractivity contribution in [1.82, 2.24) is 15.0 Å². The quantitative estimate of drug-likeness (QED) is 0.163. The largest absolute Gasteiger partial charge is 0.264 e. The number of para-hydroxylation sites is 2. The van der Waals surface area contributed by atoms with Crippen LogP contribution < -0.4 is 0 Å². The van der Waals surface area contributed by atoms with Gasteiger partial charge in [0.1, 0.15) is 0 Å². The Morgan fingerprint density at radius 1 is 0.259 bits per heavy atom. The molecule has 3 heteroatoms. The third-order valence-electron chi connectivity index (χ3n) is 10.4. The molecule has 10 aromatic rings. The standard InChI is InChI=1S/C51H33N3/c1-2-11-39(12-3-1)50-51(54-47-19-9-8-18-46(47)53-50)40-30-28-38(29-31-40)49-44-16-6-4-14-42(44)48(43-15-5-7-17-45(43)49)37-26-24-35(25-27-37)34-20-22-36(23-21-34)41-13-10-32-52-33-41/h1-33H. The molecule has 0 spiro atoms. The van der Waals surface area contributed by atoms with E-state index in [4.69, 9.17) is 9.97 Å². The molecule has 2 aromatic heterocycles. The molecule has 0 saturated carbocycles. The summed E-state index contributed by atoms with van der Waals surface area (Å²) in [6.07, 6.45) is 3.71. The van der Waals surface area contributed by atoms with E-state index in [-0.39, 0.29) is 0 Å². The highest BCUT2D eigenvalue weighted by molar-refractivity contribution is 6.21. The SMILES string of the molecule is c1ccc(-c2nc3ccccc3nc2-c2ccc(-c3c4ccccc4c(-c4ccc(-c5ccc(-c6cccnc6)cc5)cc4)c4ccccc34)cc2)cc1. The van der Waals surface area contributed by atoms with Gasteiger partial charge in [-0.15, -0.1) is 0 Å². The Balaban J connectivity index is 1.06. The fourth-order valence-corrected chi connectivity index (χ4v) is 7.76. The summed E-state index contributed by atoms with van der Waals surface area (Å²) in [5, 5.41) is 4.92. The van der Waals surface area contributed by atoms with E-state index in [0.29, 0.717) is 0 Å². The zero-order valence-corrected chi connectivity index (χ0v) is 29.4. The number of nitrogens with zero attached hydrogens (tertiary/aromatic N) is 3. The lowest BCUT2D eigenvalue weighted by atomic mass is 9.85. The van der Waals surface area contributed by atoms with E-state index >= 15 is 0 Å². The number of hydrogen-bond acceptors (Lipinski definition) is 3. The van der Waals surface area contributed by atoms with E-state index in [1.54, 1.807) is 6.20 Å². The van der Waals surface area contributed by atoms with E-state index in [2.05, 4.69) is 157 Å². The third-order valence-corrected chi connectivity index (χ3v) is 10.4. The van der Waals surface area contributed by atoms with Gasteiger partial charge >= 0.3 is 0 Å². The van der Waals surface area contributed by atoms with Crippen molar-refractivity contribution in [2.45, 2.75) is 0 Å². The second-order valence-electron chi connectivity index (χ2n) is 13.6. The van der Waals surface area contributed by atoms with Crippen molar-refractivity contribution >= 4 is 32.6 Å². The molecule has 0 aliphatic rings. The van der Waals surface area contributed by atoms with Crippen LogP contribution in [0.15, 0.2) is 200 Å². The average Bonchev–Trinajstić information content (AvgIpc) is 3.26. The molecule has 0 saturated heterocycles. The van der Waals surface area contributed by atoms with Crippen molar-refractivity contribution in [1.29, 1.82) is 0 Å². The molecule has 54 heavy (non-hydrogen) atoms. The molecular formula is C51H33N3. The number of aromatic nitrogens is 3. The first-order valence-electron chi connectivity index (χ1n) is 18.3. The molecule has 10 rings (SSSR count). The number of fused-ring (bicyclic) bond motifs is 3. The predicted molar refractivity (Wildman–Crippen MR) is 225 cm³/mol. The summed E-state index contributed by atoms with van der Waals surface area (Å²) in [5.41, 5.74) is 15.1. The maximum absolute atomic E-state index is 5.15. The van der Waals surface area contributed by atoms with Crippen LogP contribution >= 0.6 is 0 Å². The predicted octanol–water partition coefficient (Wildman–Crippen LogP) is 13.3. The van der Waals surface area contributed by atoms with E-state index in [1.165, 1.54) is 49.4 Å². The summed E-state index contributed by atoms with van der Waals surface area (Å²) in [6.45, 7) is 0. The minimum atomic E-state index is 0.879. The summed E-state index contributed by atoms with van der Waals surface area (Å²) in [4.78, 5) is 14.5. The summed E-state index contributed by atoms with van der Waals surface area (Å²) < 4.78 is 0. The smallest absolute Gasteiger partial charge is 0.0973 e. The Morgan fingerprint density at radius 2 is 0.611 bits per heavy atom. The van der Waals surface area contributed by atoms with Crippen molar-refractivity contribution in [3.05, 3.63) is 200 Å². The van der Waals surface area contributed by atoms with Gasteiger partial charge in [-0.2, -0.15) is 0 Å². The minimum Gasteiger partial charge on any atom is -0.264 e. The molecule has 0 amide bonds. The van der Waals surface area contributed by atoms with Crippen molar-refractivity contribution in [2.24, 2.45) is 0 Å². The highest BCUT2D eigenvalue weighted by atomic mass is 14.8. The van der Waals surface area contributed by atoms with Crippen LogP contribution in [0, 0.1) is 0 Å². The van der Waals surface area contributed by atoms with Crippen LogP contribution in [0.25, 0.3) is 99.6 Å². The fourth-order valence-electron chi connectivity index (χ4n) is 7.76. The Bertz CT molecular complexity index is 2880. The van der Waals surface area contributed by atoms with E-state index in [1.807, 2.05) is 42.6 Å². The number of benzene rings is 8. The molecule has 0 atom stereocenters. The highest BCUT2D eigenvalue weighted by Crippen LogP contribution is 2.44. The van der Waals surface area contributed by atoms with Gasteiger partial charge in [0.15, 0.2) is 0 Å². The molecule has 3 nitrogen and oxygen atoms in total. The van der Waals surface area contributed by atoms with Gasteiger partial charge in [-0.25, -0.2) is 9.97 Å². The molecule has 2 heterocycles. The summed E-state index contributed by atoms with van der Waals surface area (Å²) in [6, 6.07) is 66.7. The number of rotatable bonds is 6. The van der Waals surface area contributed by atoms with Gasteiger partial charge in [0.2, 0.25) is 0 Å². The van der Waals surface area contributed by atoms with Gasteiger partial charge in [-0.3, -0.25) is 4.98 Å². The van der Waals surface area contributed by atoms with Crippen molar-refractivity contribution < 1.29 is 0 Å². The third kappa shape index (κ3) is 5.60. The van der Waals surface area contributed by atoms with Gasteiger partial charge in [-0.05, 0) is 84.3 Å². The maximum atomic E-state index is 5.15. The highest BCUT2D eigenvalue weighted by Gasteiger charge is 2.18.